The van der Waals surface area contributed by atoms with Crippen LogP contribution in [0.5, 0.6) is 11.5 Å². The molecule has 5 nitrogen and oxygen atoms in total. The predicted molar refractivity (Wildman–Crippen MR) is 118 cm³/mol. The smallest absolute Gasteiger partial charge is 0.416 e. The van der Waals surface area contributed by atoms with E-state index in [4.69, 9.17) is 4.74 Å². The molecule has 34 heavy (non-hydrogen) atoms. The lowest BCUT2D eigenvalue weighted by Crippen LogP contribution is -2.45. The first-order valence-electron chi connectivity index (χ1n) is 10.7. The summed E-state index contributed by atoms with van der Waals surface area (Å²) in [5, 5.41) is 2.61. The fraction of sp³-hybridized carbons (Fsp3) is 0.280. The topological polar surface area (TPSA) is 54.5 Å². The number of likely N-dealkylation sites (tertiary alicyclic amines) is 1. The van der Waals surface area contributed by atoms with Gasteiger partial charge in [-0.25, -0.2) is 4.39 Å². The Hall–Kier alpha value is -3.46. The Bertz CT molecular complexity index is 1140. The summed E-state index contributed by atoms with van der Waals surface area (Å²) >= 11 is 0. The summed E-state index contributed by atoms with van der Waals surface area (Å²) in [6, 6.07) is 16.8. The highest BCUT2D eigenvalue weighted by Gasteiger charge is 2.44. The van der Waals surface area contributed by atoms with Crippen molar-refractivity contribution in [3.63, 3.8) is 0 Å². The normalized spacial score (nSPS) is 18.6. The molecule has 1 N–H and O–H groups in total. The third kappa shape index (κ3) is 5.91. The van der Waals surface area contributed by atoms with Crippen molar-refractivity contribution in [3.05, 3.63) is 89.7 Å². The summed E-state index contributed by atoms with van der Waals surface area (Å²) in [6.45, 7) is 0.866. The van der Waals surface area contributed by atoms with Gasteiger partial charge in [0.1, 0.15) is 11.5 Å². The van der Waals surface area contributed by atoms with Crippen LogP contribution in [-0.2, 0) is 24.1 Å². The maximum atomic E-state index is 15.3. The zero-order chi connectivity index (χ0) is 24.2. The van der Waals surface area contributed by atoms with E-state index >= 15 is 4.39 Å². The van der Waals surface area contributed by atoms with Crippen molar-refractivity contribution >= 4 is 5.91 Å². The van der Waals surface area contributed by atoms with Gasteiger partial charge < -0.3 is 10.1 Å². The monoisotopic (exact) mass is 473 g/mol. The van der Waals surface area contributed by atoms with Crippen molar-refractivity contribution in [1.29, 1.82) is 0 Å². The van der Waals surface area contributed by atoms with Crippen molar-refractivity contribution < 1.29 is 27.1 Å². The summed E-state index contributed by atoms with van der Waals surface area (Å²) in [5.74, 6) is -0.224. The molecule has 1 amide bonds. The minimum atomic E-state index is -4.46. The van der Waals surface area contributed by atoms with Gasteiger partial charge in [-0.1, -0.05) is 24.3 Å². The average molecular weight is 473 g/mol. The molecule has 2 heterocycles. The largest absolute Gasteiger partial charge is 0.457 e. The molecule has 0 aliphatic carbocycles. The van der Waals surface area contributed by atoms with Crippen LogP contribution in [0.1, 0.15) is 23.2 Å². The van der Waals surface area contributed by atoms with E-state index in [-0.39, 0.29) is 25.3 Å². The van der Waals surface area contributed by atoms with E-state index in [0.29, 0.717) is 24.5 Å². The number of halogens is 4. The number of hydrogen-bond acceptors (Lipinski definition) is 4. The Morgan fingerprint density at radius 1 is 1.06 bits per heavy atom. The number of benzene rings is 2. The number of aromatic nitrogens is 1. The summed E-state index contributed by atoms with van der Waals surface area (Å²) in [7, 11) is 0. The molecule has 1 aliphatic heterocycles. The van der Waals surface area contributed by atoms with Crippen molar-refractivity contribution in [2.45, 2.75) is 31.4 Å². The second-order valence-corrected chi connectivity index (χ2v) is 8.20. The highest BCUT2D eigenvalue weighted by molar-refractivity contribution is 5.85. The summed E-state index contributed by atoms with van der Waals surface area (Å²) in [5.41, 5.74) is -1.35. The van der Waals surface area contributed by atoms with Crippen LogP contribution in [0.3, 0.4) is 0 Å². The fourth-order valence-electron chi connectivity index (χ4n) is 3.84. The SMILES string of the molecule is O=C(NCc1ccccn1)C1(F)CCN(Cc2cccc(Oc3cccc(C(F)(F)F)c3)c2)C1. The van der Waals surface area contributed by atoms with E-state index in [1.807, 2.05) is 11.0 Å². The lowest BCUT2D eigenvalue weighted by atomic mass is 10.0. The zero-order valence-corrected chi connectivity index (χ0v) is 18.2. The van der Waals surface area contributed by atoms with Crippen LogP contribution in [0.25, 0.3) is 0 Å². The first kappa shape index (κ1) is 23.7. The van der Waals surface area contributed by atoms with Crippen LogP contribution in [0.4, 0.5) is 17.6 Å². The fourth-order valence-corrected chi connectivity index (χ4v) is 3.84. The van der Waals surface area contributed by atoms with Gasteiger partial charge in [-0.3, -0.25) is 14.7 Å². The summed E-state index contributed by atoms with van der Waals surface area (Å²) in [4.78, 5) is 18.4. The quantitative estimate of drug-likeness (QED) is 0.484. The second kappa shape index (κ2) is 9.80. The van der Waals surface area contributed by atoms with Gasteiger partial charge in [-0.15, -0.1) is 0 Å². The molecule has 3 aromatic rings. The molecular weight excluding hydrogens is 450 g/mol. The van der Waals surface area contributed by atoms with E-state index in [2.05, 4.69) is 10.3 Å². The number of alkyl halides is 4. The first-order valence-corrected chi connectivity index (χ1v) is 10.7. The predicted octanol–water partition coefficient (Wildman–Crippen LogP) is 5.12. The van der Waals surface area contributed by atoms with Crippen molar-refractivity contribution in [2.75, 3.05) is 13.1 Å². The second-order valence-electron chi connectivity index (χ2n) is 8.20. The van der Waals surface area contributed by atoms with Gasteiger partial charge in [0.15, 0.2) is 0 Å². The van der Waals surface area contributed by atoms with Gasteiger partial charge in [-0.05, 0) is 48.0 Å². The molecule has 0 saturated carbocycles. The Labute approximate surface area is 194 Å². The molecule has 4 rings (SSSR count). The Balaban J connectivity index is 1.35. The van der Waals surface area contributed by atoms with E-state index in [0.717, 1.165) is 17.7 Å². The molecule has 1 aliphatic rings. The third-order valence-electron chi connectivity index (χ3n) is 5.56. The van der Waals surface area contributed by atoms with Crippen LogP contribution < -0.4 is 10.1 Å². The molecule has 1 fully saturated rings. The van der Waals surface area contributed by atoms with Crippen LogP contribution in [0.2, 0.25) is 0 Å². The molecule has 1 unspecified atom stereocenters. The lowest BCUT2D eigenvalue weighted by molar-refractivity contribution is -0.137. The van der Waals surface area contributed by atoms with Crippen LogP contribution in [0, 0.1) is 0 Å². The van der Waals surface area contributed by atoms with Crippen molar-refractivity contribution in [3.8, 4) is 11.5 Å². The molecule has 1 atom stereocenters. The molecule has 2 aromatic carbocycles. The maximum absolute atomic E-state index is 15.3. The number of carbonyl (C=O) groups excluding carboxylic acids is 1. The van der Waals surface area contributed by atoms with Crippen LogP contribution >= 0.6 is 0 Å². The van der Waals surface area contributed by atoms with Crippen molar-refractivity contribution in [1.82, 2.24) is 15.2 Å². The van der Waals surface area contributed by atoms with Gasteiger partial charge in [0, 0.05) is 32.3 Å². The number of nitrogens with zero attached hydrogens (tertiary/aromatic N) is 2. The molecule has 9 heteroatoms. The molecule has 1 aromatic heterocycles. The molecule has 0 bridgehead atoms. The number of rotatable bonds is 7. The Morgan fingerprint density at radius 3 is 2.56 bits per heavy atom. The van der Waals surface area contributed by atoms with Crippen molar-refractivity contribution in [2.24, 2.45) is 0 Å². The van der Waals surface area contributed by atoms with E-state index < -0.39 is 23.3 Å². The molecule has 178 valence electrons. The minimum Gasteiger partial charge on any atom is -0.457 e. The highest BCUT2D eigenvalue weighted by atomic mass is 19.4. The van der Waals surface area contributed by atoms with Gasteiger partial charge in [0.2, 0.25) is 5.67 Å². The minimum absolute atomic E-state index is 0.0558. The Kier molecular flexibility index (Phi) is 6.83. The van der Waals surface area contributed by atoms with Gasteiger partial charge in [-0.2, -0.15) is 13.2 Å². The lowest BCUT2D eigenvalue weighted by Gasteiger charge is -2.20. The summed E-state index contributed by atoms with van der Waals surface area (Å²) < 4.78 is 59.7. The molecule has 1 saturated heterocycles. The van der Waals surface area contributed by atoms with Gasteiger partial charge >= 0.3 is 6.18 Å². The maximum Gasteiger partial charge on any atom is 0.416 e. The standard InChI is InChI=1S/C25H23F4N3O2/c26-24(23(33)31-15-20-7-1-2-11-30-20)10-12-32(17-24)16-18-5-3-8-21(13-18)34-22-9-4-6-19(14-22)25(27,28)29/h1-9,11,13-14H,10,12,15-17H2,(H,31,33). The third-order valence-corrected chi connectivity index (χ3v) is 5.56. The highest BCUT2D eigenvalue weighted by Crippen LogP contribution is 2.33. The molecule has 0 radical (unpaired) electrons. The average Bonchev–Trinajstić information content (AvgIpc) is 3.19. The van der Waals surface area contributed by atoms with Gasteiger partial charge in [0.25, 0.3) is 5.91 Å². The van der Waals surface area contributed by atoms with Crippen LogP contribution in [-0.4, -0.2) is 34.5 Å². The van der Waals surface area contributed by atoms with E-state index in [1.165, 1.54) is 12.1 Å². The molecule has 0 spiro atoms. The zero-order valence-electron chi connectivity index (χ0n) is 18.2. The number of carbonyl (C=O) groups is 1. The van der Waals surface area contributed by atoms with E-state index in [9.17, 15) is 18.0 Å². The number of ether oxygens (including phenoxy) is 1. The number of hydrogen-bond donors (Lipinski definition) is 1. The molecular formula is C25H23F4N3O2. The van der Waals surface area contributed by atoms with Gasteiger partial charge in [0.05, 0.1) is 17.8 Å². The number of nitrogens with one attached hydrogen (secondary N) is 1. The summed E-state index contributed by atoms with van der Waals surface area (Å²) in [6.07, 6.45) is -2.78. The van der Waals surface area contributed by atoms with E-state index in [1.54, 1.807) is 42.6 Å². The van der Waals surface area contributed by atoms with Crippen LogP contribution in [0.15, 0.2) is 72.9 Å². The first-order chi connectivity index (χ1) is 16.2. The Morgan fingerprint density at radius 2 is 1.82 bits per heavy atom. The number of pyridine rings is 1. The number of amides is 1.